The van der Waals surface area contributed by atoms with Gasteiger partial charge in [0.2, 0.25) is 5.56 Å². The van der Waals surface area contributed by atoms with Crippen LogP contribution < -0.4 is 10.9 Å². The number of fused-ring (bicyclic) bond motifs is 1. The van der Waals surface area contributed by atoms with E-state index < -0.39 is 0 Å². The van der Waals surface area contributed by atoms with Crippen molar-refractivity contribution in [3.8, 4) is 0 Å². The van der Waals surface area contributed by atoms with Crippen molar-refractivity contribution in [2.75, 3.05) is 26.3 Å². The first-order valence-electron chi connectivity index (χ1n) is 7.62. The van der Waals surface area contributed by atoms with Gasteiger partial charge in [-0.25, -0.2) is 0 Å². The molecule has 1 aromatic heterocycles. The smallest absolute Gasteiger partial charge is 0.251 e. The van der Waals surface area contributed by atoms with E-state index in [0.717, 1.165) is 19.5 Å². The highest BCUT2D eigenvalue weighted by Crippen LogP contribution is 2.24. The molecule has 3 N–H and O–H groups in total. The molecule has 0 saturated carbocycles. The number of hydrogen-bond acceptors (Lipinski definition) is 5. The number of aromatic nitrogens is 1. The molecule has 1 amide bonds. The van der Waals surface area contributed by atoms with Gasteiger partial charge < -0.3 is 20.1 Å². The second-order valence-electron chi connectivity index (χ2n) is 5.92. The summed E-state index contributed by atoms with van der Waals surface area (Å²) < 4.78 is 5.73. The Morgan fingerprint density at radius 1 is 1.50 bits per heavy atom. The minimum Gasteiger partial charge on any atom is -0.396 e. The van der Waals surface area contributed by atoms with Gasteiger partial charge in [0.05, 0.1) is 12.7 Å². The van der Waals surface area contributed by atoms with Gasteiger partial charge in [0.1, 0.15) is 0 Å². The number of ether oxygens (including phenoxy) is 1. The van der Waals surface area contributed by atoms with E-state index in [2.05, 4.69) is 15.2 Å². The molecule has 3 heterocycles. The average molecular weight is 307 g/mol. The van der Waals surface area contributed by atoms with E-state index in [1.807, 2.05) is 0 Å². The van der Waals surface area contributed by atoms with Crippen LogP contribution in [0.15, 0.2) is 23.1 Å². The summed E-state index contributed by atoms with van der Waals surface area (Å²) in [5.74, 6) is -0.219. The number of amides is 1. The van der Waals surface area contributed by atoms with Gasteiger partial charge in [0, 0.05) is 49.6 Å². The van der Waals surface area contributed by atoms with Gasteiger partial charge in [0.25, 0.3) is 5.91 Å². The van der Waals surface area contributed by atoms with E-state index in [4.69, 9.17) is 9.84 Å². The fourth-order valence-corrected chi connectivity index (χ4v) is 3.22. The Kier molecular flexibility index (Phi) is 4.56. The van der Waals surface area contributed by atoms with E-state index in [0.29, 0.717) is 24.6 Å². The third-order valence-corrected chi connectivity index (χ3v) is 4.31. The third-order valence-electron chi connectivity index (χ3n) is 4.31. The number of pyridine rings is 1. The molecule has 1 aromatic rings. The molecule has 22 heavy (non-hydrogen) atoms. The fraction of sp³-hybridized carbons (Fsp3) is 0.600. The molecule has 3 rings (SSSR count). The Morgan fingerprint density at radius 2 is 2.36 bits per heavy atom. The molecule has 0 aromatic carbocycles. The van der Waals surface area contributed by atoms with Crippen molar-refractivity contribution in [2.45, 2.75) is 31.0 Å². The lowest BCUT2D eigenvalue weighted by Crippen LogP contribution is -2.46. The summed E-state index contributed by atoms with van der Waals surface area (Å²) in [5.41, 5.74) is 0.0970. The minimum atomic E-state index is -0.281. The van der Waals surface area contributed by atoms with Crippen LogP contribution in [0.3, 0.4) is 0 Å². The molecule has 0 aliphatic carbocycles. The summed E-state index contributed by atoms with van der Waals surface area (Å²) in [4.78, 5) is 28.2. The van der Waals surface area contributed by atoms with Crippen LogP contribution in [0.1, 0.15) is 23.2 Å². The largest absolute Gasteiger partial charge is 0.396 e. The molecule has 0 unspecified atom stereocenters. The van der Waals surface area contributed by atoms with Crippen molar-refractivity contribution in [1.29, 1.82) is 0 Å². The average Bonchev–Trinajstić information content (AvgIpc) is 2.89. The molecule has 2 aliphatic heterocycles. The topological polar surface area (TPSA) is 94.7 Å². The van der Waals surface area contributed by atoms with Crippen LogP contribution in [0, 0.1) is 0 Å². The van der Waals surface area contributed by atoms with Gasteiger partial charge in [-0.15, -0.1) is 0 Å². The highest BCUT2D eigenvalue weighted by molar-refractivity contribution is 5.94. The lowest BCUT2D eigenvalue weighted by molar-refractivity contribution is -0.0566. The Morgan fingerprint density at radius 3 is 3.14 bits per heavy atom. The second-order valence-corrected chi connectivity index (χ2v) is 5.92. The number of aromatic amines is 1. The number of aliphatic hydroxyl groups excluding tert-OH is 1. The van der Waals surface area contributed by atoms with E-state index in [-0.39, 0.29) is 30.2 Å². The molecule has 7 heteroatoms. The Balaban J connectivity index is 1.57. The molecular formula is C15H21N3O4. The van der Waals surface area contributed by atoms with Crippen molar-refractivity contribution in [2.24, 2.45) is 0 Å². The molecule has 2 fully saturated rings. The molecule has 0 bridgehead atoms. The predicted octanol–water partition coefficient (Wildman–Crippen LogP) is -0.671. The van der Waals surface area contributed by atoms with Crippen LogP contribution in [0.25, 0.3) is 0 Å². The normalized spacial score (nSPS) is 28.3. The number of H-pyrrole nitrogens is 1. The fourth-order valence-electron chi connectivity index (χ4n) is 3.22. The Hall–Kier alpha value is -1.70. The second kappa shape index (κ2) is 6.60. The summed E-state index contributed by atoms with van der Waals surface area (Å²) in [6, 6.07) is 3.28. The Labute approximate surface area is 128 Å². The predicted molar refractivity (Wildman–Crippen MR) is 79.7 cm³/mol. The zero-order valence-corrected chi connectivity index (χ0v) is 12.3. The number of morpholine rings is 1. The van der Waals surface area contributed by atoms with Crippen molar-refractivity contribution in [3.05, 3.63) is 34.2 Å². The molecule has 3 atom stereocenters. The van der Waals surface area contributed by atoms with Gasteiger partial charge in [-0.3, -0.25) is 14.5 Å². The molecule has 0 radical (unpaired) electrons. The summed E-state index contributed by atoms with van der Waals surface area (Å²) in [5, 5.41) is 12.0. The first-order chi connectivity index (χ1) is 10.7. The lowest BCUT2D eigenvalue weighted by Gasteiger charge is -2.34. The van der Waals surface area contributed by atoms with Gasteiger partial charge in [-0.1, -0.05) is 0 Å². The maximum absolute atomic E-state index is 12.2. The number of carbonyl (C=O) groups is 1. The number of aliphatic hydroxyl groups is 1. The van der Waals surface area contributed by atoms with Gasteiger partial charge >= 0.3 is 0 Å². The SMILES string of the molecule is O=C(N[C@H]1C[C@H]2CO[C@@H](CCO)CN2C1)c1cc[nH]c(=O)c1. The van der Waals surface area contributed by atoms with Crippen molar-refractivity contribution >= 4 is 5.91 Å². The first-order valence-corrected chi connectivity index (χ1v) is 7.62. The van der Waals surface area contributed by atoms with E-state index in [1.54, 1.807) is 6.07 Å². The molecular weight excluding hydrogens is 286 g/mol. The molecule has 2 saturated heterocycles. The number of nitrogens with zero attached hydrogens (tertiary/aromatic N) is 1. The third kappa shape index (κ3) is 3.37. The monoisotopic (exact) mass is 307 g/mol. The van der Waals surface area contributed by atoms with Crippen molar-refractivity contribution < 1.29 is 14.6 Å². The van der Waals surface area contributed by atoms with Crippen LogP contribution in [-0.2, 0) is 4.74 Å². The quantitative estimate of drug-likeness (QED) is 0.686. The van der Waals surface area contributed by atoms with E-state index in [1.165, 1.54) is 12.3 Å². The highest BCUT2D eigenvalue weighted by Gasteiger charge is 2.37. The summed E-state index contributed by atoms with van der Waals surface area (Å²) >= 11 is 0. The van der Waals surface area contributed by atoms with Crippen LogP contribution in [-0.4, -0.2) is 65.4 Å². The lowest BCUT2D eigenvalue weighted by atomic mass is 10.1. The molecule has 7 nitrogen and oxygen atoms in total. The number of hydrogen-bond donors (Lipinski definition) is 3. The summed E-state index contributed by atoms with van der Waals surface area (Å²) in [7, 11) is 0. The standard InChI is InChI=1S/C15H21N3O4/c19-4-2-13-8-18-7-11(6-12(18)9-22-13)17-15(21)10-1-3-16-14(20)5-10/h1,3,5,11-13,19H,2,4,6-9H2,(H,16,20)(H,17,21)/t11-,12-,13-/m0/s1. The number of carbonyl (C=O) groups excluding carboxylic acids is 1. The van der Waals surface area contributed by atoms with Crippen molar-refractivity contribution in [1.82, 2.24) is 15.2 Å². The maximum Gasteiger partial charge on any atom is 0.251 e. The summed E-state index contributed by atoms with van der Waals surface area (Å²) in [6.07, 6.45) is 3.04. The summed E-state index contributed by atoms with van der Waals surface area (Å²) in [6.45, 7) is 2.35. The zero-order chi connectivity index (χ0) is 15.5. The number of rotatable bonds is 4. The number of nitrogens with one attached hydrogen (secondary N) is 2. The van der Waals surface area contributed by atoms with Crippen LogP contribution in [0.4, 0.5) is 0 Å². The molecule has 2 aliphatic rings. The van der Waals surface area contributed by atoms with Crippen LogP contribution >= 0.6 is 0 Å². The zero-order valence-electron chi connectivity index (χ0n) is 12.3. The molecule has 0 spiro atoms. The van der Waals surface area contributed by atoms with Gasteiger partial charge in [-0.05, 0) is 18.9 Å². The highest BCUT2D eigenvalue weighted by atomic mass is 16.5. The van der Waals surface area contributed by atoms with Gasteiger partial charge in [0.15, 0.2) is 0 Å². The van der Waals surface area contributed by atoms with E-state index in [9.17, 15) is 9.59 Å². The first kappa shape index (κ1) is 15.2. The minimum absolute atomic E-state index is 0.0632. The van der Waals surface area contributed by atoms with Crippen LogP contribution in [0.2, 0.25) is 0 Å². The van der Waals surface area contributed by atoms with Crippen molar-refractivity contribution in [3.63, 3.8) is 0 Å². The Bertz CT molecular complexity index is 588. The maximum atomic E-state index is 12.2. The van der Waals surface area contributed by atoms with Crippen LogP contribution in [0.5, 0.6) is 0 Å². The van der Waals surface area contributed by atoms with Gasteiger partial charge in [-0.2, -0.15) is 0 Å². The van der Waals surface area contributed by atoms with E-state index >= 15 is 0 Å². The molecule has 120 valence electrons.